The molecule has 0 saturated heterocycles. The zero-order valence-electron chi connectivity index (χ0n) is 10.4. The zero-order valence-corrected chi connectivity index (χ0v) is 12.0. The minimum absolute atomic E-state index is 0.125. The van der Waals surface area contributed by atoms with Gasteiger partial charge in [-0.15, -0.1) is 0 Å². The summed E-state index contributed by atoms with van der Waals surface area (Å²) in [6, 6.07) is 2.73. The minimum Gasteiger partial charge on any atom is -0.490 e. The van der Waals surface area contributed by atoms with Crippen LogP contribution in [-0.4, -0.2) is 18.8 Å². The number of nitrogens with one attached hydrogen (secondary N) is 1. The van der Waals surface area contributed by atoms with Crippen LogP contribution in [0.2, 0.25) is 0 Å². The van der Waals surface area contributed by atoms with Gasteiger partial charge in [0.2, 0.25) is 0 Å². The molecule has 1 aromatic carbocycles. The maximum absolute atomic E-state index is 13.7. The molecule has 0 bridgehead atoms. The Morgan fingerprint density at radius 2 is 2.17 bits per heavy atom. The van der Waals surface area contributed by atoms with Crippen molar-refractivity contribution < 1.29 is 18.7 Å². The Bertz CT molecular complexity index is 414. The van der Waals surface area contributed by atoms with Crippen molar-refractivity contribution in [2.75, 3.05) is 11.9 Å². The summed E-state index contributed by atoms with van der Waals surface area (Å²) in [5, 5.41) is 2.44. The highest BCUT2D eigenvalue weighted by Crippen LogP contribution is 2.31. The Hall–Kier alpha value is -1.30. The first kappa shape index (κ1) is 14.8. The van der Waals surface area contributed by atoms with Crippen LogP contribution in [0.25, 0.3) is 0 Å². The minimum atomic E-state index is -0.625. The number of amides is 1. The van der Waals surface area contributed by atoms with Crippen LogP contribution in [0.3, 0.4) is 0 Å². The molecule has 0 fully saturated rings. The molecule has 0 spiro atoms. The van der Waals surface area contributed by atoms with E-state index in [0.29, 0.717) is 16.8 Å². The second kappa shape index (κ2) is 6.58. The summed E-state index contributed by atoms with van der Waals surface area (Å²) in [4.78, 5) is 11.4. The van der Waals surface area contributed by atoms with Gasteiger partial charge in [-0.2, -0.15) is 0 Å². The zero-order chi connectivity index (χ0) is 13.7. The normalized spacial score (nSPS) is 10.3. The number of anilines is 1. The molecule has 100 valence electrons. The van der Waals surface area contributed by atoms with Crippen molar-refractivity contribution in [2.45, 2.75) is 26.9 Å². The summed E-state index contributed by atoms with van der Waals surface area (Å²) in [5.74, 6) is -0.425. The number of carbonyl (C=O) groups is 1. The second-order valence-electron chi connectivity index (χ2n) is 3.78. The van der Waals surface area contributed by atoms with E-state index in [1.54, 1.807) is 26.8 Å². The molecule has 0 aliphatic rings. The smallest absolute Gasteiger partial charge is 0.411 e. The van der Waals surface area contributed by atoms with Crippen molar-refractivity contribution >= 4 is 27.7 Å². The van der Waals surface area contributed by atoms with Gasteiger partial charge in [0.1, 0.15) is 0 Å². The van der Waals surface area contributed by atoms with Crippen LogP contribution in [0.5, 0.6) is 5.75 Å². The Kier molecular flexibility index (Phi) is 5.40. The first-order valence-electron chi connectivity index (χ1n) is 5.53. The lowest BCUT2D eigenvalue weighted by Gasteiger charge is -2.12. The molecule has 0 radical (unpaired) electrons. The first-order chi connectivity index (χ1) is 8.43. The van der Waals surface area contributed by atoms with Gasteiger partial charge in [-0.05, 0) is 42.8 Å². The molecule has 18 heavy (non-hydrogen) atoms. The van der Waals surface area contributed by atoms with Gasteiger partial charge < -0.3 is 9.47 Å². The largest absolute Gasteiger partial charge is 0.490 e. The van der Waals surface area contributed by atoms with E-state index in [0.717, 1.165) is 0 Å². The molecule has 4 nitrogen and oxygen atoms in total. The van der Waals surface area contributed by atoms with Gasteiger partial charge in [0, 0.05) is 11.8 Å². The van der Waals surface area contributed by atoms with Gasteiger partial charge in [0.15, 0.2) is 11.6 Å². The van der Waals surface area contributed by atoms with E-state index in [-0.39, 0.29) is 11.9 Å². The average Bonchev–Trinajstić information content (AvgIpc) is 2.22. The average molecular weight is 320 g/mol. The lowest BCUT2D eigenvalue weighted by Crippen LogP contribution is -2.18. The SMILES string of the molecule is CCOc1c(F)cc(NC(=O)OC(C)C)cc1Br. The summed E-state index contributed by atoms with van der Waals surface area (Å²) >= 11 is 3.18. The van der Waals surface area contributed by atoms with Gasteiger partial charge in [0.05, 0.1) is 17.2 Å². The molecule has 1 aromatic rings. The molecule has 0 saturated carbocycles. The molecule has 1 N–H and O–H groups in total. The maximum Gasteiger partial charge on any atom is 0.411 e. The van der Waals surface area contributed by atoms with E-state index in [1.807, 2.05) is 0 Å². The van der Waals surface area contributed by atoms with Gasteiger partial charge in [-0.1, -0.05) is 0 Å². The third-order valence-electron chi connectivity index (χ3n) is 1.88. The standard InChI is InChI=1S/C12H15BrFNO3/c1-4-17-11-9(13)5-8(6-10(11)14)15-12(16)18-7(2)3/h5-7H,4H2,1-3H3,(H,15,16). The predicted molar refractivity (Wildman–Crippen MR) is 70.5 cm³/mol. The van der Waals surface area contributed by atoms with E-state index in [2.05, 4.69) is 21.2 Å². The number of ether oxygens (including phenoxy) is 2. The molecule has 1 amide bonds. The van der Waals surface area contributed by atoms with Crippen molar-refractivity contribution in [3.63, 3.8) is 0 Å². The van der Waals surface area contributed by atoms with Crippen LogP contribution < -0.4 is 10.1 Å². The lowest BCUT2D eigenvalue weighted by atomic mass is 10.3. The predicted octanol–water partition coefficient (Wildman–Crippen LogP) is 3.94. The molecular weight excluding hydrogens is 305 g/mol. The topological polar surface area (TPSA) is 47.6 Å². The fraction of sp³-hybridized carbons (Fsp3) is 0.417. The van der Waals surface area contributed by atoms with Gasteiger partial charge in [-0.3, -0.25) is 5.32 Å². The fourth-order valence-corrected chi connectivity index (χ4v) is 1.83. The third kappa shape index (κ3) is 4.18. The van der Waals surface area contributed by atoms with Crippen LogP contribution in [0.4, 0.5) is 14.9 Å². The van der Waals surface area contributed by atoms with E-state index in [9.17, 15) is 9.18 Å². The highest BCUT2D eigenvalue weighted by molar-refractivity contribution is 9.10. The second-order valence-corrected chi connectivity index (χ2v) is 4.64. The van der Waals surface area contributed by atoms with Crippen LogP contribution >= 0.6 is 15.9 Å². The molecular formula is C12H15BrFNO3. The Morgan fingerprint density at radius 1 is 1.50 bits per heavy atom. The maximum atomic E-state index is 13.7. The molecule has 0 unspecified atom stereocenters. The third-order valence-corrected chi connectivity index (χ3v) is 2.47. The summed E-state index contributed by atoms with van der Waals surface area (Å²) in [5.41, 5.74) is 0.300. The van der Waals surface area contributed by atoms with Crippen LogP contribution in [0.15, 0.2) is 16.6 Å². The number of benzene rings is 1. The Morgan fingerprint density at radius 3 is 2.67 bits per heavy atom. The van der Waals surface area contributed by atoms with Gasteiger partial charge >= 0.3 is 6.09 Å². The number of carbonyl (C=O) groups excluding carboxylic acids is 1. The van der Waals surface area contributed by atoms with Crippen molar-refractivity contribution in [3.05, 3.63) is 22.4 Å². The Balaban J connectivity index is 2.83. The van der Waals surface area contributed by atoms with Crippen molar-refractivity contribution in [1.82, 2.24) is 0 Å². The van der Waals surface area contributed by atoms with Crippen LogP contribution in [-0.2, 0) is 4.74 Å². The number of hydrogen-bond acceptors (Lipinski definition) is 3. The molecule has 1 rings (SSSR count). The molecule has 0 aliphatic heterocycles. The fourth-order valence-electron chi connectivity index (χ4n) is 1.28. The molecule has 0 aliphatic carbocycles. The van der Waals surface area contributed by atoms with E-state index < -0.39 is 11.9 Å². The number of hydrogen-bond donors (Lipinski definition) is 1. The summed E-state index contributed by atoms with van der Waals surface area (Å²) in [6.45, 7) is 5.58. The van der Waals surface area contributed by atoms with Crippen molar-refractivity contribution in [3.8, 4) is 5.75 Å². The van der Waals surface area contributed by atoms with Gasteiger partial charge in [0.25, 0.3) is 0 Å². The summed E-state index contributed by atoms with van der Waals surface area (Å²) < 4.78 is 24.1. The highest BCUT2D eigenvalue weighted by atomic mass is 79.9. The number of rotatable bonds is 4. The van der Waals surface area contributed by atoms with E-state index >= 15 is 0 Å². The lowest BCUT2D eigenvalue weighted by molar-refractivity contribution is 0.130. The number of halogens is 2. The first-order valence-corrected chi connectivity index (χ1v) is 6.32. The summed E-state index contributed by atoms with van der Waals surface area (Å²) in [6.07, 6.45) is -0.860. The summed E-state index contributed by atoms with van der Waals surface area (Å²) in [7, 11) is 0. The van der Waals surface area contributed by atoms with E-state index in [4.69, 9.17) is 9.47 Å². The Labute approximate surface area is 114 Å². The molecule has 6 heteroatoms. The monoisotopic (exact) mass is 319 g/mol. The quantitative estimate of drug-likeness (QED) is 0.914. The molecule has 0 atom stereocenters. The van der Waals surface area contributed by atoms with Crippen molar-refractivity contribution in [1.29, 1.82) is 0 Å². The van der Waals surface area contributed by atoms with E-state index in [1.165, 1.54) is 6.07 Å². The van der Waals surface area contributed by atoms with Crippen molar-refractivity contribution in [2.24, 2.45) is 0 Å². The highest BCUT2D eigenvalue weighted by Gasteiger charge is 2.12. The van der Waals surface area contributed by atoms with Crippen LogP contribution in [0, 0.1) is 5.82 Å². The van der Waals surface area contributed by atoms with Gasteiger partial charge in [-0.25, -0.2) is 9.18 Å². The molecule has 0 aromatic heterocycles. The van der Waals surface area contributed by atoms with Crippen LogP contribution in [0.1, 0.15) is 20.8 Å². The molecule has 0 heterocycles.